The van der Waals surface area contributed by atoms with Crippen molar-refractivity contribution in [2.24, 2.45) is 11.7 Å². The molecule has 0 rings (SSSR count). The number of nitrogens with one attached hydrogen (secondary N) is 1. The molecule has 0 aliphatic heterocycles. The van der Waals surface area contributed by atoms with Crippen molar-refractivity contribution in [3.63, 3.8) is 0 Å². The SMILES string of the molecule is CCNC(=O)C(C)S(=O)(=O)CC(C)CN. The van der Waals surface area contributed by atoms with Gasteiger partial charge in [-0.2, -0.15) is 0 Å². The maximum absolute atomic E-state index is 11.7. The van der Waals surface area contributed by atoms with Gasteiger partial charge in [-0.25, -0.2) is 8.42 Å². The zero-order chi connectivity index (χ0) is 12.1. The molecule has 0 radical (unpaired) electrons. The summed E-state index contributed by atoms with van der Waals surface area (Å²) in [6.07, 6.45) is 0. The molecule has 0 fully saturated rings. The number of carbonyl (C=O) groups is 1. The predicted molar refractivity (Wildman–Crippen MR) is 60.2 cm³/mol. The lowest BCUT2D eigenvalue weighted by molar-refractivity contribution is -0.120. The molecule has 2 unspecified atom stereocenters. The second-order valence-electron chi connectivity index (χ2n) is 3.71. The molecule has 0 aromatic carbocycles. The molecule has 90 valence electrons. The van der Waals surface area contributed by atoms with Crippen molar-refractivity contribution >= 4 is 15.7 Å². The van der Waals surface area contributed by atoms with Gasteiger partial charge in [-0.1, -0.05) is 6.92 Å². The lowest BCUT2D eigenvalue weighted by Gasteiger charge is -2.15. The quantitative estimate of drug-likeness (QED) is 0.652. The molecular formula is C9H20N2O3S. The molecule has 0 aliphatic carbocycles. The third-order valence-electron chi connectivity index (χ3n) is 2.18. The fourth-order valence-corrected chi connectivity index (χ4v) is 2.72. The van der Waals surface area contributed by atoms with Gasteiger partial charge in [-0.3, -0.25) is 4.79 Å². The van der Waals surface area contributed by atoms with Crippen molar-refractivity contribution in [2.45, 2.75) is 26.0 Å². The van der Waals surface area contributed by atoms with Crippen LogP contribution in [0.4, 0.5) is 0 Å². The Balaban J connectivity index is 4.52. The van der Waals surface area contributed by atoms with E-state index in [4.69, 9.17) is 5.73 Å². The number of hydrogen-bond donors (Lipinski definition) is 2. The van der Waals surface area contributed by atoms with E-state index in [0.29, 0.717) is 13.1 Å². The number of carbonyl (C=O) groups excluding carboxylic acids is 1. The highest BCUT2D eigenvalue weighted by atomic mass is 32.2. The lowest BCUT2D eigenvalue weighted by atomic mass is 10.2. The molecule has 15 heavy (non-hydrogen) atoms. The van der Waals surface area contributed by atoms with E-state index in [1.165, 1.54) is 6.92 Å². The Morgan fingerprint density at radius 2 is 1.93 bits per heavy atom. The highest BCUT2D eigenvalue weighted by Crippen LogP contribution is 2.07. The molecule has 0 bridgehead atoms. The first-order chi connectivity index (χ1) is 6.85. The van der Waals surface area contributed by atoms with Gasteiger partial charge in [-0.15, -0.1) is 0 Å². The standard InChI is InChI=1S/C9H20N2O3S/c1-4-11-9(12)8(3)15(13,14)6-7(2)5-10/h7-8H,4-6,10H2,1-3H3,(H,11,12). The zero-order valence-electron chi connectivity index (χ0n) is 9.49. The summed E-state index contributed by atoms with van der Waals surface area (Å²) in [5.41, 5.74) is 5.35. The second kappa shape index (κ2) is 6.07. The molecule has 0 aromatic rings. The van der Waals surface area contributed by atoms with Crippen LogP contribution in [-0.2, 0) is 14.6 Å². The van der Waals surface area contributed by atoms with Gasteiger partial charge in [0.15, 0.2) is 9.84 Å². The van der Waals surface area contributed by atoms with Crippen LogP contribution >= 0.6 is 0 Å². The first-order valence-electron chi connectivity index (χ1n) is 5.04. The van der Waals surface area contributed by atoms with E-state index in [-0.39, 0.29) is 11.7 Å². The predicted octanol–water partition coefficient (Wildman–Crippen LogP) is -0.479. The van der Waals surface area contributed by atoms with E-state index >= 15 is 0 Å². The van der Waals surface area contributed by atoms with Gasteiger partial charge in [0.2, 0.25) is 5.91 Å². The largest absolute Gasteiger partial charge is 0.355 e. The Morgan fingerprint density at radius 3 is 2.33 bits per heavy atom. The molecule has 0 aromatic heterocycles. The minimum absolute atomic E-state index is 0.0399. The van der Waals surface area contributed by atoms with E-state index in [2.05, 4.69) is 5.32 Å². The molecule has 3 N–H and O–H groups in total. The van der Waals surface area contributed by atoms with Crippen LogP contribution in [0.15, 0.2) is 0 Å². The summed E-state index contributed by atoms with van der Waals surface area (Å²) in [5.74, 6) is -0.601. The summed E-state index contributed by atoms with van der Waals surface area (Å²) in [6.45, 7) is 5.65. The van der Waals surface area contributed by atoms with E-state index < -0.39 is 21.0 Å². The van der Waals surface area contributed by atoms with Crippen LogP contribution in [0.3, 0.4) is 0 Å². The highest BCUT2D eigenvalue weighted by Gasteiger charge is 2.28. The molecule has 0 spiro atoms. The number of nitrogens with two attached hydrogens (primary N) is 1. The van der Waals surface area contributed by atoms with E-state index in [9.17, 15) is 13.2 Å². The van der Waals surface area contributed by atoms with E-state index in [0.717, 1.165) is 0 Å². The van der Waals surface area contributed by atoms with Crippen LogP contribution in [0.1, 0.15) is 20.8 Å². The van der Waals surface area contributed by atoms with Gasteiger partial charge in [-0.05, 0) is 26.3 Å². The Labute approximate surface area is 91.3 Å². The molecule has 2 atom stereocenters. The maximum atomic E-state index is 11.7. The summed E-state index contributed by atoms with van der Waals surface area (Å²) < 4.78 is 23.4. The first kappa shape index (κ1) is 14.4. The van der Waals surface area contributed by atoms with Gasteiger partial charge in [0.1, 0.15) is 5.25 Å². The van der Waals surface area contributed by atoms with Crippen molar-refractivity contribution in [1.82, 2.24) is 5.32 Å². The van der Waals surface area contributed by atoms with Gasteiger partial charge in [0, 0.05) is 6.54 Å². The number of hydrogen-bond acceptors (Lipinski definition) is 4. The van der Waals surface area contributed by atoms with Crippen LogP contribution in [0.25, 0.3) is 0 Å². The van der Waals surface area contributed by atoms with Crippen molar-refractivity contribution in [1.29, 1.82) is 0 Å². The Kier molecular flexibility index (Phi) is 5.82. The van der Waals surface area contributed by atoms with Gasteiger partial charge >= 0.3 is 0 Å². The molecule has 0 saturated heterocycles. The third kappa shape index (κ3) is 4.61. The smallest absolute Gasteiger partial charge is 0.238 e. The number of sulfone groups is 1. The summed E-state index contributed by atoms with van der Waals surface area (Å²) in [4.78, 5) is 11.3. The van der Waals surface area contributed by atoms with Crippen molar-refractivity contribution < 1.29 is 13.2 Å². The van der Waals surface area contributed by atoms with Crippen LogP contribution in [-0.4, -0.2) is 38.4 Å². The van der Waals surface area contributed by atoms with Gasteiger partial charge in [0.05, 0.1) is 5.75 Å². The average molecular weight is 236 g/mol. The second-order valence-corrected chi connectivity index (χ2v) is 6.07. The molecule has 6 heteroatoms. The van der Waals surface area contributed by atoms with Crippen molar-refractivity contribution in [3.05, 3.63) is 0 Å². The van der Waals surface area contributed by atoms with E-state index in [1.807, 2.05) is 0 Å². The topological polar surface area (TPSA) is 89.3 Å². The highest BCUT2D eigenvalue weighted by molar-refractivity contribution is 7.92. The molecule has 0 saturated carbocycles. The molecular weight excluding hydrogens is 216 g/mol. The maximum Gasteiger partial charge on any atom is 0.238 e. The Bertz CT molecular complexity index is 300. The van der Waals surface area contributed by atoms with Crippen LogP contribution in [0.2, 0.25) is 0 Å². The third-order valence-corrected chi connectivity index (χ3v) is 4.50. The van der Waals surface area contributed by atoms with Crippen molar-refractivity contribution in [2.75, 3.05) is 18.8 Å². The normalized spacial score (nSPS) is 15.7. The van der Waals surface area contributed by atoms with Crippen LogP contribution < -0.4 is 11.1 Å². The van der Waals surface area contributed by atoms with Crippen LogP contribution in [0, 0.1) is 5.92 Å². The fraction of sp³-hybridized carbons (Fsp3) is 0.889. The Morgan fingerprint density at radius 1 is 1.40 bits per heavy atom. The van der Waals surface area contributed by atoms with Gasteiger partial charge < -0.3 is 11.1 Å². The molecule has 1 amide bonds. The summed E-state index contributed by atoms with van der Waals surface area (Å²) in [6, 6.07) is 0. The molecule has 5 nitrogen and oxygen atoms in total. The van der Waals surface area contributed by atoms with Gasteiger partial charge in [0.25, 0.3) is 0 Å². The minimum atomic E-state index is -3.39. The Hall–Kier alpha value is -0.620. The first-order valence-corrected chi connectivity index (χ1v) is 6.76. The average Bonchev–Trinajstić information content (AvgIpc) is 2.16. The summed E-state index contributed by atoms with van der Waals surface area (Å²) >= 11 is 0. The monoisotopic (exact) mass is 236 g/mol. The summed E-state index contributed by atoms with van der Waals surface area (Å²) in [5, 5.41) is 1.50. The number of amides is 1. The number of rotatable bonds is 6. The minimum Gasteiger partial charge on any atom is -0.355 e. The zero-order valence-corrected chi connectivity index (χ0v) is 10.3. The van der Waals surface area contributed by atoms with Crippen molar-refractivity contribution in [3.8, 4) is 0 Å². The lowest BCUT2D eigenvalue weighted by Crippen LogP contribution is -2.40. The fourth-order valence-electron chi connectivity index (χ4n) is 1.09. The van der Waals surface area contributed by atoms with E-state index in [1.54, 1.807) is 13.8 Å². The molecule has 0 aliphatic rings. The van der Waals surface area contributed by atoms with Crippen LogP contribution in [0.5, 0.6) is 0 Å². The summed E-state index contributed by atoms with van der Waals surface area (Å²) in [7, 11) is -3.39. The molecule has 0 heterocycles.